The lowest BCUT2D eigenvalue weighted by Crippen LogP contribution is -2.28. The fourth-order valence-corrected chi connectivity index (χ4v) is 4.97. The van der Waals surface area contributed by atoms with Crippen LogP contribution in [0.5, 0.6) is 0 Å². The predicted molar refractivity (Wildman–Crippen MR) is 223 cm³/mol. The molecule has 0 fully saturated rings. The molecule has 0 aromatic carbocycles. The van der Waals surface area contributed by atoms with Gasteiger partial charge in [-0.1, -0.05) is 149 Å². The van der Waals surface area contributed by atoms with Gasteiger partial charge in [0.1, 0.15) is 6.61 Å². The maximum atomic E-state index is 12.2. The molecule has 0 radical (unpaired) electrons. The van der Waals surface area contributed by atoms with Crippen LogP contribution in [0.1, 0.15) is 155 Å². The zero-order chi connectivity index (χ0) is 37.8. The Bertz CT molecular complexity index is 1090. The maximum absolute atomic E-state index is 12.2. The van der Waals surface area contributed by atoms with Gasteiger partial charge in [-0.05, 0) is 103 Å². The van der Waals surface area contributed by atoms with E-state index < -0.39 is 6.10 Å². The second-order valence-corrected chi connectivity index (χ2v) is 13.0. The molecule has 0 amide bonds. The smallest absolute Gasteiger partial charge is 0.306 e. The Morgan fingerprint density at radius 2 is 0.827 bits per heavy atom. The molecule has 0 aliphatic carbocycles. The molecule has 0 spiro atoms. The van der Waals surface area contributed by atoms with Gasteiger partial charge in [-0.15, -0.1) is 0 Å². The molecule has 0 bridgehead atoms. The van der Waals surface area contributed by atoms with E-state index >= 15 is 0 Å². The monoisotopic (exact) mass is 719 g/mol. The summed E-state index contributed by atoms with van der Waals surface area (Å²) < 4.78 is 10.6. The van der Waals surface area contributed by atoms with Gasteiger partial charge >= 0.3 is 11.9 Å². The fourth-order valence-electron chi connectivity index (χ4n) is 4.97. The standard InChI is InChI=1S/C47H74O5/c1-3-5-7-9-11-13-15-17-19-21-23-25-27-29-31-33-35-37-39-41-46(49)51-44-45(43-48)52-47(50)42-40-38-36-34-32-30-28-26-24-22-20-18-16-14-12-10-8-6-4-2/h6,8,11-14,17-20,23-26,29-32,45,48H,3-5,7,9-10,15-16,21-22,27-28,33-44H2,1-2H3/t45-/m0/s1. The molecule has 0 aliphatic heterocycles. The molecule has 0 aliphatic rings. The number of esters is 2. The lowest BCUT2D eigenvalue weighted by Gasteiger charge is -2.15. The summed E-state index contributed by atoms with van der Waals surface area (Å²) in [5, 5.41) is 9.56. The molecule has 0 aromatic rings. The van der Waals surface area contributed by atoms with Gasteiger partial charge in [-0.25, -0.2) is 0 Å². The quantitative estimate of drug-likeness (QED) is 0.0401. The summed E-state index contributed by atoms with van der Waals surface area (Å²) in [6.07, 6.45) is 60.0. The van der Waals surface area contributed by atoms with Crippen LogP contribution in [0.25, 0.3) is 0 Å². The Labute approximate surface area is 319 Å². The molecule has 0 aromatic heterocycles. The van der Waals surface area contributed by atoms with Crippen LogP contribution in [0.3, 0.4) is 0 Å². The van der Waals surface area contributed by atoms with Crippen molar-refractivity contribution in [3.05, 3.63) is 109 Å². The Kier molecular flexibility index (Phi) is 39.2. The minimum Gasteiger partial charge on any atom is -0.462 e. The van der Waals surface area contributed by atoms with E-state index in [1.165, 1.54) is 25.7 Å². The first-order valence-corrected chi connectivity index (χ1v) is 20.4. The topological polar surface area (TPSA) is 72.8 Å². The van der Waals surface area contributed by atoms with Crippen molar-refractivity contribution in [2.45, 2.75) is 161 Å². The first-order valence-electron chi connectivity index (χ1n) is 20.4. The number of aliphatic hydroxyl groups excluding tert-OH is 1. The fraction of sp³-hybridized carbons (Fsp3) is 0.574. The SMILES string of the molecule is CCC=CCC=CCC=CCC=CCC=CCCCCCC(=O)O[C@@H](CO)COC(=O)CCCCCC=CCC=CCC=CCC=CCCCCC. The van der Waals surface area contributed by atoms with Gasteiger partial charge in [0.2, 0.25) is 0 Å². The molecule has 0 saturated heterocycles. The minimum absolute atomic E-state index is 0.104. The van der Waals surface area contributed by atoms with Gasteiger partial charge in [-0.2, -0.15) is 0 Å². The van der Waals surface area contributed by atoms with E-state index in [-0.39, 0.29) is 25.2 Å². The molecule has 1 N–H and O–H groups in total. The Morgan fingerprint density at radius 1 is 0.462 bits per heavy atom. The summed E-state index contributed by atoms with van der Waals surface area (Å²) in [6, 6.07) is 0. The van der Waals surface area contributed by atoms with Gasteiger partial charge in [0, 0.05) is 12.8 Å². The van der Waals surface area contributed by atoms with Crippen LogP contribution >= 0.6 is 0 Å². The van der Waals surface area contributed by atoms with Crippen LogP contribution < -0.4 is 0 Å². The molecule has 52 heavy (non-hydrogen) atoms. The highest BCUT2D eigenvalue weighted by Crippen LogP contribution is 2.09. The van der Waals surface area contributed by atoms with E-state index in [0.29, 0.717) is 12.8 Å². The Morgan fingerprint density at radius 3 is 1.21 bits per heavy atom. The van der Waals surface area contributed by atoms with Gasteiger partial charge in [0.15, 0.2) is 6.10 Å². The van der Waals surface area contributed by atoms with Gasteiger partial charge in [0.25, 0.3) is 0 Å². The maximum Gasteiger partial charge on any atom is 0.306 e. The largest absolute Gasteiger partial charge is 0.462 e. The van der Waals surface area contributed by atoms with Crippen molar-refractivity contribution in [2.75, 3.05) is 13.2 Å². The number of unbranched alkanes of at least 4 members (excludes halogenated alkanes) is 9. The van der Waals surface area contributed by atoms with Gasteiger partial charge in [-0.3, -0.25) is 9.59 Å². The first-order chi connectivity index (χ1) is 25.6. The van der Waals surface area contributed by atoms with Gasteiger partial charge in [0.05, 0.1) is 6.61 Å². The molecule has 0 rings (SSSR count). The van der Waals surface area contributed by atoms with E-state index in [2.05, 4.69) is 123 Å². The second-order valence-electron chi connectivity index (χ2n) is 13.0. The number of rotatable bonds is 35. The highest BCUT2D eigenvalue weighted by Gasteiger charge is 2.16. The molecule has 292 valence electrons. The summed E-state index contributed by atoms with van der Waals surface area (Å²) in [5.74, 6) is -0.677. The molecular formula is C47H74O5. The van der Waals surface area contributed by atoms with Crippen molar-refractivity contribution in [3.63, 3.8) is 0 Å². The molecular weight excluding hydrogens is 645 g/mol. The summed E-state index contributed by atoms with van der Waals surface area (Å²) in [4.78, 5) is 24.3. The number of hydrogen-bond donors (Lipinski definition) is 1. The van der Waals surface area contributed by atoms with Crippen LogP contribution in [0.2, 0.25) is 0 Å². The lowest BCUT2D eigenvalue weighted by atomic mass is 10.1. The highest BCUT2D eigenvalue weighted by molar-refractivity contribution is 5.70. The molecule has 0 heterocycles. The molecule has 1 atom stereocenters. The third-order valence-electron chi connectivity index (χ3n) is 8.05. The minimum atomic E-state index is -0.810. The average Bonchev–Trinajstić information content (AvgIpc) is 3.15. The zero-order valence-corrected chi connectivity index (χ0v) is 33.0. The Balaban J connectivity index is 3.74. The van der Waals surface area contributed by atoms with Crippen LogP contribution in [-0.4, -0.2) is 36.4 Å². The molecule has 0 unspecified atom stereocenters. The predicted octanol–water partition coefficient (Wildman–Crippen LogP) is 13.1. The van der Waals surface area contributed by atoms with Crippen LogP contribution in [-0.2, 0) is 19.1 Å². The van der Waals surface area contributed by atoms with E-state index in [0.717, 1.165) is 103 Å². The lowest BCUT2D eigenvalue weighted by molar-refractivity contribution is -0.161. The summed E-state index contributed by atoms with van der Waals surface area (Å²) in [5.41, 5.74) is 0. The zero-order valence-electron chi connectivity index (χ0n) is 33.0. The van der Waals surface area contributed by atoms with Crippen molar-refractivity contribution < 1.29 is 24.2 Å². The number of carbonyl (C=O) groups is 2. The molecule has 5 nitrogen and oxygen atoms in total. The van der Waals surface area contributed by atoms with Crippen molar-refractivity contribution in [2.24, 2.45) is 0 Å². The first kappa shape index (κ1) is 48.6. The van der Waals surface area contributed by atoms with Crippen molar-refractivity contribution in [1.82, 2.24) is 0 Å². The van der Waals surface area contributed by atoms with Crippen molar-refractivity contribution in [1.29, 1.82) is 0 Å². The van der Waals surface area contributed by atoms with E-state index in [9.17, 15) is 14.7 Å². The van der Waals surface area contributed by atoms with Crippen molar-refractivity contribution in [3.8, 4) is 0 Å². The van der Waals surface area contributed by atoms with Crippen molar-refractivity contribution >= 4 is 11.9 Å². The number of hydrogen-bond acceptors (Lipinski definition) is 5. The molecule has 0 saturated carbocycles. The van der Waals surface area contributed by atoms with E-state index in [1.807, 2.05) is 0 Å². The summed E-state index contributed by atoms with van der Waals surface area (Å²) in [7, 11) is 0. The van der Waals surface area contributed by atoms with Crippen LogP contribution in [0.15, 0.2) is 109 Å². The number of aliphatic hydroxyl groups is 1. The summed E-state index contributed by atoms with van der Waals surface area (Å²) in [6.45, 7) is 3.92. The van der Waals surface area contributed by atoms with Gasteiger partial charge < -0.3 is 14.6 Å². The Hall–Kier alpha value is -3.44. The highest BCUT2D eigenvalue weighted by atomic mass is 16.6. The van der Waals surface area contributed by atoms with Crippen LogP contribution in [0, 0.1) is 0 Å². The number of ether oxygens (including phenoxy) is 2. The average molecular weight is 719 g/mol. The second kappa shape index (κ2) is 42.0. The number of carbonyl (C=O) groups excluding carboxylic acids is 2. The normalized spacial score (nSPS) is 13.4. The van der Waals surface area contributed by atoms with E-state index in [4.69, 9.17) is 9.47 Å². The van der Waals surface area contributed by atoms with E-state index in [1.54, 1.807) is 0 Å². The summed E-state index contributed by atoms with van der Waals surface area (Å²) >= 11 is 0. The number of allylic oxidation sites excluding steroid dienone is 18. The third-order valence-corrected chi connectivity index (χ3v) is 8.05. The molecule has 5 heteroatoms. The van der Waals surface area contributed by atoms with Crippen LogP contribution in [0.4, 0.5) is 0 Å². The third kappa shape index (κ3) is 39.3.